The number of fused-ring (bicyclic) bond motifs is 2. The molecule has 124 valence electrons. The first-order valence-corrected chi connectivity index (χ1v) is 7.72. The maximum Gasteiger partial charge on any atom is 0.376 e. The molecule has 1 aliphatic carbocycles. The van der Waals surface area contributed by atoms with Crippen LogP contribution >= 0.6 is 0 Å². The molecule has 1 saturated heterocycles. The van der Waals surface area contributed by atoms with Gasteiger partial charge in [-0.1, -0.05) is 0 Å². The summed E-state index contributed by atoms with van der Waals surface area (Å²) in [7, 11) is 0. The van der Waals surface area contributed by atoms with E-state index in [0.29, 0.717) is 12.3 Å². The van der Waals surface area contributed by atoms with Crippen molar-refractivity contribution in [2.45, 2.75) is 26.2 Å². The molecule has 4 unspecified atom stereocenters. The second kappa shape index (κ2) is 6.54. The Morgan fingerprint density at radius 3 is 2.74 bits per heavy atom. The van der Waals surface area contributed by atoms with Gasteiger partial charge < -0.3 is 18.9 Å². The molecule has 0 radical (unpaired) electrons. The van der Waals surface area contributed by atoms with Crippen LogP contribution in [0.2, 0.25) is 0 Å². The van der Waals surface area contributed by atoms with Crippen LogP contribution in [0, 0.1) is 11.8 Å². The van der Waals surface area contributed by atoms with E-state index in [-0.39, 0.29) is 25.1 Å². The lowest BCUT2D eigenvalue weighted by Gasteiger charge is -2.33. The second-order valence-corrected chi connectivity index (χ2v) is 5.37. The van der Waals surface area contributed by atoms with Gasteiger partial charge in [0.2, 0.25) is 0 Å². The Kier molecular flexibility index (Phi) is 4.47. The van der Waals surface area contributed by atoms with Crippen LogP contribution < -0.4 is 0 Å². The van der Waals surface area contributed by atoms with E-state index in [1.807, 2.05) is 12.2 Å². The average molecular weight is 321 g/mol. The van der Waals surface area contributed by atoms with Crippen LogP contribution in [0.15, 0.2) is 28.5 Å². The summed E-state index contributed by atoms with van der Waals surface area (Å²) >= 11 is 0. The molecule has 4 atom stereocenters. The van der Waals surface area contributed by atoms with Crippen LogP contribution in [-0.4, -0.2) is 50.3 Å². The summed E-state index contributed by atoms with van der Waals surface area (Å²) in [6.07, 6.45) is 3.55. The molecule has 0 aromatic carbocycles. The zero-order chi connectivity index (χ0) is 16.4. The number of rotatable bonds is 4. The first-order valence-electron chi connectivity index (χ1n) is 7.72. The van der Waals surface area contributed by atoms with Crippen molar-refractivity contribution in [3.63, 3.8) is 0 Å². The van der Waals surface area contributed by atoms with Crippen LogP contribution in [-0.2, 0) is 28.5 Å². The third kappa shape index (κ3) is 2.88. The molecule has 23 heavy (non-hydrogen) atoms. The molecule has 2 heterocycles. The molecule has 0 saturated carbocycles. The Morgan fingerprint density at radius 2 is 2.00 bits per heavy atom. The van der Waals surface area contributed by atoms with Crippen LogP contribution in [0.25, 0.3) is 0 Å². The minimum Gasteiger partial charge on any atom is -0.466 e. The SMILES string of the molecule is CCOC(=O)C1OC2=CC3=CC=NCC3C(C(=O)OCC)C2O1. The van der Waals surface area contributed by atoms with E-state index in [4.69, 9.17) is 18.9 Å². The number of dihydropyridines is 1. The van der Waals surface area contributed by atoms with Crippen molar-refractivity contribution in [3.05, 3.63) is 23.5 Å². The molecule has 0 spiro atoms. The highest BCUT2D eigenvalue weighted by Gasteiger charge is 2.51. The lowest BCUT2D eigenvalue weighted by molar-refractivity contribution is -0.177. The van der Waals surface area contributed by atoms with E-state index >= 15 is 0 Å². The number of hydrogen-bond donors (Lipinski definition) is 0. The quantitative estimate of drug-likeness (QED) is 0.718. The monoisotopic (exact) mass is 321 g/mol. The van der Waals surface area contributed by atoms with Gasteiger partial charge in [-0.2, -0.15) is 0 Å². The van der Waals surface area contributed by atoms with E-state index in [9.17, 15) is 9.59 Å². The van der Waals surface area contributed by atoms with Gasteiger partial charge in [0.25, 0.3) is 6.29 Å². The van der Waals surface area contributed by atoms with E-state index in [2.05, 4.69) is 4.99 Å². The van der Waals surface area contributed by atoms with Gasteiger partial charge in [-0.3, -0.25) is 9.79 Å². The molecule has 0 amide bonds. The minimum atomic E-state index is -1.15. The first kappa shape index (κ1) is 15.7. The Balaban J connectivity index is 1.89. The molecule has 2 aliphatic heterocycles. The van der Waals surface area contributed by atoms with Crippen LogP contribution in [0.5, 0.6) is 0 Å². The normalized spacial score (nSPS) is 31.2. The fraction of sp³-hybridized carbons (Fsp3) is 0.562. The number of nitrogens with zero attached hydrogens (tertiary/aromatic N) is 1. The van der Waals surface area contributed by atoms with Crippen molar-refractivity contribution in [2.24, 2.45) is 16.8 Å². The fourth-order valence-electron chi connectivity index (χ4n) is 3.03. The van der Waals surface area contributed by atoms with Gasteiger partial charge in [-0.05, 0) is 31.6 Å². The molecule has 7 nitrogen and oxygen atoms in total. The predicted molar refractivity (Wildman–Crippen MR) is 79.5 cm³/mol. The molecule has 7 heteroatoms. The number of ether oxygens (including phenoxy) is 4. The van der Waals surface area contributed by atoms with E-state index in [1.165, 1.54) is 0 Å². The van der Waals surface area contributed by atoms with Gasteiger partial charge >= 0.3 is 11.9 Å². The molecule has 0 N–H and O–H groups in total. The van der Waals surface area contributed by atoms with Gasteiger partial charge in [-0.25, -0.2) is 4.79 Å². The zero-order valence-corrected chi connectivity index (χ0v) is 13.1. The Labute approximate surface area is 133 Å². The van der Waals surface area contributed by atoms with Gasteiger partial charge in [0.15, 0.2) is 0 Å². The number of hydrogen-bond acceptors (Lipinski definition) is 7. The number of esters is 2. The van der Waals surface area contributed by atoms with Crippen LogP contribution in [0.1, 0.15) is 13.8 Å². The Bertz CT molecular complexity index is 593. The average Bonchev–Trinajstić information content (AvgIpc) is 2.96. The summed E-state index contributed by atoms with van der Waals surface area (Å²) < 4.78 is 21.3. The molecular formula is C16H19NO6. The van der Waals surface area contributed by atoms with Gasteiger partial charge in [0, 0.05) is 18.7 Å². The fourth-order valence-corrected chi connectivity index (χ4v) is 3.03. The van der Waals surface area contributed by atoms with Crippen molar-refractivity contribution in [3.8, 4) is 0 Å². The number of carbonyl (C=O) groups excluding carboxylic acids is 2. The summed E-state index contributed by atoms with van der Waals surface area (Å²) in [6, 6.07) is 0. The van der Waals surface area contributed by atoms with E-state index in [0.717, 1.165) is 5.57 Å². The van der Waals surface area contributed by atoms with Crippen molar-refractivity contribution in [1.29, 1.82) is 0 Å². The molecule has 0 aromatic heterocycles. The molecule has 3 rings (SSSR count). The Morgan fingerprint density at radius 1 is 1.26 bits per heavy atom. The third-order valence-electron chi connectivity index (χ3n) is 4.00. The van der Waals surface area contributed by atoms with Crippen LogP contribution in [0.4, 0.5) is 0 Å². The van der Waals surface area contributed by atoms with E-state index in [1.54, 1.807) is 20.1 Å². The number of allylic oxidation sites excluding steroid dienone is 2. The minimum absolute atomic E-state index is 0.141. The van der Waals surface area contributed by atoms with Gasteiger partial charge in [0.05, 0.1) is 19.1 Å². The van der Waals surface area contributed by atoms with Crippen LogP contribution in [0.3, 0.4) is 0 Å². The maximum atomic E-state index is 12.4. The standard InChI is InChI=1S/C16H19NO6/c1-3-20-14(18)12-10-8-17-6-5-9(10)7-11-13(12)23-16(22-11)15(19)21-4-2/h5-7,10,12-13,16H,3-4,8H2,1-2H3. The largest absolute Gasteiger partial charge is 0.466 e. The van der Waals surface area contributed by atoms with Crippen molar-refractivity contribution in [2.75, 3.05) is 19.8 Å². The summed E-state index contributed by atoms with van der Waals surface area (Å²) in [6.45, 7) is 4.44. The summed E-state index contributed by atoms with van der Waals surface area (Å²) in [5.74, 6) is -1.24. The van der Waals surface area contributed by atoms with Gasteiger partial charge in [0.1, 0.15) is 11.9 Å². The Hall–Kier alpha value is -2.15. The molecular weight excluding hydrogens is 302 g/mol. The topological polar surface area (TPSA) is 83.4 Å². The summed E-state index contributed by atoms with van der Waals surface area (Å²) in [4.78, 5) is 28.5. The molecule has 0 aromatic rings. The highest BCUT2D eigenvalue weighted by atomic mass is 16.8. The zero-order valence-electron chi connectivity index (χ0n) is 13.1. The highest BCUT2D eigenvalue weighted by molar-refractivity contribution is 5.80. The molecule has 0 bridgehead atoms. The maximum absolute atomic E-state index is 12.4. The number of aliphatic imine (C=N–C) groups is 1. The van der Waals surface area contributed by atoms with E-state index < -0.39 is 24.3 Å². The summed E-state index contributed by atoms with van der Waals surface area (Å²) in [5.41, 5.74) is 0.928. The van der Waals surface area contributed by atoms with Crippen molar-refractivity contribution in [1.82, 2.24) is 0 Å². The highest BCUT2D eigenvalue weighted by Crippen LogP contribution is 2.42. The third-order valence-corrected chi connectivity index (χ3v) is 4.00. The number of carbonyl (C=O) groups is 2. The molecule has 1 fully saturated rings. The predicted octanol–water partition coefficient (Wildman–Crippen LogP) is 0.995. The second-order valence-electron chi connectivity index (χ2n) is 5.37. The lowest BCUT2D eigenvalue weighted by Crippen LogP contribution is -2.42. The first-order chi connectivity index (χ1) is 11.2. The lowest BCUT2D eigenvalue weighted by atomic mass is 9.76. The van der Waals surface area contributed by atoms with Gasteiger partial charge in [-0.15, -0.1) is 0 Å². The molecule has 3 aliphatic rings. The smallest absolute Gasteiger partial charge is 0.376 e. The van der Waals surface area contributed by atoms with Crippen molar-refractivity contribution >= 4 is 18.2 Å². The van der Waals surface area contributed by atoms with Crippen molar-refractivity contribution < 1.29 is 28.5 Å². The summed E-state index contributed by atoms with van der Waals surface area (Å²) in [5, 5.41) is 0.